The van der Waals surface area contributed by atoms with Crippen molar-refractivity contribution in [3.05, 3.63) is 30.1 Å². The van der Waals surface area contributed by atoms with Crippen LogP contribution in [0.25, 0.3) is 0 Å². The van der Waals surface area contributed by atoms with E-state index >= 15 is 0 Å². The van der Waals surface area contributed by atoms with E-state index in [4.69, 9.17) is 9.84 Å². The monoisotopic (exact) mass is 402 g/mol. The molecule has 0 saturated carbocycles. The normalized spacial score (nSPS) is 25.4. The molecule has 3 rings (SSSR count). The van der Waals surface area contributed by atoms with Crippen molar-refractivity contribution < 1.29 is 32.2 Å². The average Bonchev–Trinajstić information content (AvgIpc) is 2.98. The van der Waals surface area contributed by atoms with Crippen LogP contribution in [0.3, 0.4) is 0 Å². The predicted octanol–water partition coefficient (Wildman–Crippen LogP) is 0.528. The summed E-state index contributed by atoms with van der Waals surface area (Å²) >= 11 is 1.10. The molecule has 1 aromatic rings. The van der Waals surface area contributed by atoms with Crippen LogP contribution < -0.4 is 4.90 Å². The Hall–Kier alpha value is -1.98. The van der Waals surface area contributed by atoms with Gasteiger partial charge >= 0.3 is 5.97 Å². The van der Waals surface area contributed by atoms with Crippen molar-refractivity contribution in [1.29, 1.82) is 0 Å². The first-order valence-electron chi connectivity index (χ1n) is 7.59. The van der Waals surface area contributed by atoms with Gasteiger partial charge in [0.15, 0.2) is 15.0 Å². The quantitative estimate of drug-likeness (QED) is 0.759. The summed E-state index contributed by atoms with van der Waals surface area (Å²) in [5.41, 5.74) is 0.141. The van der Waals surface area contributed by atoms with Crippen LogP contribution in [0, 0.1) is 5.82 Å². The number of ether oxygens (including phenoxy) is 1. The zero-order valence-electron chi connectivity index (χ0n) is 13.4. The maximum Gasteiger partial charge on any atom is 0.329 e. The molecular formula is C15H15FN2O6S2. The fraction of sp³-hybridized carbons (Fsp3) is 0.400. The predicted molar refractivity (Wildman–Crippen MR) is 93.6 cm³/mol. The molecule has 2 fully saturated rings. The Morgan fingerprint density at radius 2 is 2.04 bits per heavy atom. The summed E-state index contributed by atoms with van der Waals surface area (Å²) in [6, 6.07) is 5.33. The van der Waals surface area contributed by atoms with Crippen LogP contribution in [-0.2, 0) is 24.2 Å². The third-order valence-corrected chi connectivity index (χ3v) is 7.06. The number of rotatable bonds is 5. The minimum atomic E-state index is -3.25. The minimum absolute atomic E-state index is 0.0734. The zero-order valence-corrected chi connectivity index (χ0v) is 15.0. The summed E-state index contributed by atoms with van der Waals surface area (Å²) in [6.07, 6.45) is 0. The van der Waals surface area contributed by atoms with Crippen LogP contribution in [0.1, 0.15) is 0 Å². The van der Waals surface area contributed by atoms with Gasteiger partial charge in [0.05, 0.1) is 23.2 Å². The molecule has 2 saturated heterocycles. The van der Waals surface area contributed by atoms with Crippen molar-refractivity contribution in [3.63, 3.8) is 0 Å². The number of amidine groups is 1. The standard InChI is InChI=1S/C15H15FN2O6S2/c16-9-3-1-2-4-10(9)18-11-7-26(22,23)8-12(11)25-15(18)17-13(19)5-24-6-14(20)21/h1-4,11-12H,5-8H2,(H,20,21). The maximum atomic E-state index is 14.3. The number of benzene rings is 1. The van der Waals surface area contributed by atoms with Crippen molar-refractivity contribution >= 4 is 44.3 Å². The van der Waals surface area contributed by atoms with Crippen LogP contribution in [0.5, 0.6) is 0 Å². The number of halogens is 1. The molecule has 2 heterocycles. The summed E-state index contributed by atoms with van der Waals surface area (Å²) in [5.74, 6) is -2.72. The van der Waals surface area contributed by atoms with Gasteiger partial charge in [-0.1, -0.05) is 23.9 Å². The lowest BCUT2D eigenvalue weighted by Gasteiger charge is -2.24. The SMILES string of the molecule is O=C(O)COCC(=O)N=C1SC2CS(=O)(=O)CC2N1c1ccccc1F. The molecule has 11 heteroatoms. The molecule has 1 N–H and O–H groups in total. The number of carboxylic acids is 1. The van der Waals surface area contributed by atoms with E-state index in [0.29, 0.717) is 0 Å². The van der Waals surface area contributed by atoms with Crippen molar-refractivity contribution in [3.8, 4) is 0 Å². The molecule has 0 aliphatic carbocycles. The molecule has 8 nitrogen and oxygen atoms in total. The van der Waals surface area contributed by atoms with E-state index in [1.807, 2.05) is 0 Å². The first-order chi connectivity index (χ1) is 12.3. The Balaban J connectivity index is 1.87. The molecule has 2 aliphatic heterocycles. The number of hydrogen-bond donors (Lipinski definition) is 1. The highest BCUT2D eigenvalue weighted by atomic mass is 32.2. The van der Waals surface area contributed by atoms with Gasteiger partial charge in [-0.2, -0.15) is 4.99 Å². The zero-order chi connectivity index (χ0) is 18.9. The number of carbonyl (C=O) groups is 2. The van der Waals surface area contributed by atoms with Crippen molar-refractivity contribution in [2.24, 2.45) is 4.99 Å². The van der Waals surface area contributed by atoms with E-state index < -0.39 is 46.8 Å². The number of hydrogen-bond acceptors (Lipinski definition) is 6. The van der Waals surface area contributed by atoms with Gasteiger partial charge in [-0.15, -0.1) is 0 Å². The number of carboxylic acid groups (broad SMARTS) is 1. The average molecular weight is 402 g/mol. The molecule has 0 bridgehead atoms. The number of amides is 1. The number of thioether (sulfide) groups is 1. The van der Waals surface area contributed by atoms with Gasteiger partial charge in [0.1, 0.15) is 19.0 Å². The summed E-state index contributed by atoms with van der Waals surface area (Å²) in [7, 11) is -3.25. The first-order valence-corrected chi connectivity index (χ1v) is 10.3. The van der Waals surface area contributed by atoms with Crippen LogP contribution in [0.2, 0.25) is 0 Å². The van der Waals surface area contributed by atoms with Crippen LogP contribution >= 0.6 is 11.8 Å². The van der Waals surface area contributed by atoms with Crippen molar-refractivity contribution in [1.82, 2.24) is 0 Å². The van der Waals surface area contributed by atoms with E-state index in [-0.39, 0.29) is 27.6 Å². The Labute approximate surface area is 153 Å². The Kier molecular flexibility index (Phi) is 5.30. The third-order valence-electron chi connectivity index (χ3n) is 3.85. The van der Waals surface area contributed by atoms with E-state index in [0.717, 1.165) is 11.8 Å². The molecule has 140 valence electrons. The number of aliphatic imine (C=N–C) groups is 1. The van der Waals surface area contributed by atoms with E-state index in [9.17, 15) is 22.4 Å². The molecule has 1 amide bonds. The topological polar surface area (TPSA) is 113 Å². The third kappa shape index (κ3) is 4.05. The second-order valence-electron chi connectivity index (χ2n) is 5.80. The van der Waals surface area contributed by atoms with Gasteiger partial charge in [-0.3, -0.25) is 4.79 Å². The molecular weight excluding hydrogens is 387 g/mol. The lowest BCUT2D eigenvalue weighted by molar-refractivity contribution is -0.143. The maximum absolute atomic E-state index is 14.3. The molecule has 0 radical (unpaired) electrons. The van der Waals surface area contributed by atoms with Gasteiger partial charge in [0.25, 0.3) is 5.91 Å². The number of fused-ring (bicyclic) bond motifs is 1. The van der Waals surface area contributed by atoms with Gasteiger partial charge < -0.3 is 14.7 Å². The highest BCUT2D eigenvalue weighted by Crippen LogP contribution is 2.41. The minimum Gasteiger partial charge on any atom is -0.480 e. The Morgan fingerprint density at radius 3 is 2.73 bits per heavy atom. The number of sulfone groups is 1. The van der Waals surface area contributed by atoms with Crippen LogP contribution in [0.4, 0.5) is 10.1 Å². The fourth-order valence-corrected chi connectivity index (χ4v) is 6.78. The van der Waals surface area contributed by atoms with Gasteiger partial charge in [0.2, 0.25) is 0 Å². The highest BCUT2D eigenvalue weighted by molar-refractivity contribution is 8.16. The first kappa shape index (κ1) is 18.8. The molecule has 0 aromatic heterocycles. The van der Waals surface area contributed by atoms with Gasteiger partial charge in [-0.25, -0.2) is 17.6 Å². The summed E-state index contributed by atoms with van der Waals surface area (Å²) in [6.45, 7) is -1.17. The molecule has 26 heavy (non-hydrogen) atoms. The number of aliphatic carboxylic acids is 1. The van der Waals surface area contributed by atoms with Crippen LogP contribution in [0.15, 0.2) is 29.3 Å². The number of anilines is 1. The van der Waals surface area contributed by atoms with E-state index in [1.54, 1.807) is 6.07 Å². The summed E-state index contributed by atoms with van der Waals surface area (Å²) < 4.78 is 42.8. The van der Waals surface area contributed by atoms with Crippen molar-refractivity contribution in [2.45, 2.75) is 11.3 Å². The molecule has 1 aromatic carbocycles. The lowest BCUT2D eigenvalue weighted by atomic mass is 10.2. The lowest BCUT2D eigenvalue weighted by Crippen LogP contribution is -2.38. The number of carbonyl (C=O) groups excluding carboxylic acids is 1. The van der Waals surface area contributed by atoms with Gasteiger partial charge in [0, 0.05) is 5.25 Å². The Bertz CT molecular complexity index is 873. The number of nitrogens with zero attached hydrogens (tertiary/aromatic N) is 2. The van der Waals surface area contributed by atoms with Gasteiger partial charge in [-0.05, 0) is 12.1 Å². The summed E-state index contributed by atoms with van der Waals surface area (Å²) in [4.78, 5) is 27.7. The second-order valence-corrected chi connectivity index (χ2v) is 9.16. The molecule has 0 spiro atoms. The fourth-order valence-electron chi connectivity index (χ4n) is 2.86. The second kappa shape index (κ2) is 7.33. The highest BCUT2D eigenvalue weighted by Gasteiger charge is 2.49. The van der Waals surface area contributed by atoms with E-state index in [2.05, 4.69) is 4.99 Å². The molecule has 2 aliphatic rings. The Morgan fingerprint density at radius 1 is 1.31 bits per heavy atom. The molecule has 2 atom stereocenters. The summed E-state index contributed by atoms with van der Waals surface area (Å²) in [5, 5.41) is 8.34. The van der Waals surface area contributed by atoms with E-state index in [1.165, 1.54) is 23.1 Å². The number of para-hydroxylation sites is 1. The largest absolute Gasteiger partial charge is 0.480 e. The van der Waals surface area contributed by atoms with Crippen molar-refractivity contribution in [2.75, 3.05) is 29.6 Å². The smallest absolute Gasteiger partial charge is 0.329 e. The molecule has 2 unspecified atom stereocenters. The van der Waals surface area contributed by atoms with Crippen LogP contribution in [-0.4, -0.2) is 66.6 Å².